The minimum absolute atomic E-state index is 0. The number of nitrogens with two attached hydrogens (primary N) is 1. The van der Waals surface area contributed by atoms with Crippen LogP contribution < -0.4 is 16.6 Å². The van der Waals surface area contributed by atoms with Crippen LogP contribution in [-0.2, 0) is 9.53 Å². The number of carbonyl (C=O) groups is 2. The predicted molar refractivity (Wildman–Crippen MR) is 58.7 cm³/mol. The zero-order valence-electron chi connectivity index (χ0n) is 9.92. The molecule has 0 bridgehead atoms. The van der Waals surface area contributed by atoms with E-state index in [0.29, 0.717) is 0 Å². The van der Waals surface area contributed by atoms with Crippen LogP contribution in [0.3, 0.4) is 0 Å². The van der Waals surface area contributed by atoms with Crippen LogP contribution in [0.1, 0.15) is 13.8 Å². The van der Waals surface area contributed by atoms with E-state index in [1.165, 1.54) is 0 Å². The molecule has 1 atom stereocenters. The van der Waals surface area contributed by atoms with Gasteiger partial charge in [-0.25, -0.2) is 10.6 Å². The van der Waals surface area contributed by atoms with Crippen molar-refractivity contribution in [3.8, 4) is 0 Å². The van der Waals surface area contributed by atoms with E-state index in [9.17, 15) is 22.8 Å². The van der Waals surface area contributed by atoms with Crippen LogP contribution in [0, 0.1) is 5.41 Å². The molecule has 0 spiro atoms. The average Bonchev–Trinajstić information content (AvgIpc) is 2.22. The molecule has 0 fully saturated rings. The molecule has 2 amide bonds. The molecule has 18 heavy (non-hydrogen) atoms. The molecule has 0 aromatic heterocycles. The van der Waals surface area contributed by atoms with E-state index in [1.54, 1.807) is 10.7 Å². The van der Waals surface area contributed by atoms with Gasteiger partial charge in [-0.15, -0.1) is 12.4 Å². The van der Waals surface area contributed by atoms with E-state index in [1.807, 2.05) is 0 Å². The lowest BCUT2D eigenvalue weighted by Gasteiger charge is -2.34. The molecule has 0 aromatic carbocycles. The topological polar surface area (TPSA) is 93.4 Å². The molecule has 0 unspecified atom stereocenters. The Balaban J connectivity index is 0. The number of nitrogens with one attached hydrogen (secondary N) is 2. The predicted octanol–water partition coefficient (Wildman–Crippen LogP) is 0.711. The van der Waals surface area contributed by atoms with E-state index >= 15 is 0 Å². The molecule has 0 saturated carbocycles. The number of amides is 2. The lowest BCUT2D eigenvalue weighted by atomic mass is 9.83. The van der Waals surface area contributed by atoms with Crippen molar-refractivity contribution in [2.45, 2.75) is 26.1 Å². The molecule has 0 aliphatic heterocycles. The molecular weight excluding hydrogens is 279 g/mol. The lowest BCUT2D eigenvalue weighted by molar-refractivity contribution is -0.220. The fourth-order valence-corrected chi connectivity index (χ4v) is 0.997. The zero-order valence-corrected chi connectivity index (χ0v) is 10.7. The number of halogens is 4. The number of alkyl halides is 3. The summed E-state index contributed by atoms with van der Waals surface area (Å²) in [7, 11) is 0.966. The van der Waals surface area contributed by atoms with Crippen molar-refractivity contribution in [2.75, 3.05) is 7.11 Å². The summed E-state index contributed by atoms with van der Waals surface area (Å²) in [5.74, 6) is 3.60. The summed E-state index contributed by atoms with van der Waals surface area (Å²) in [5, 5.41) is 1.79. The molecule has 6 nitrogen and oxygen atoms in total. The first-order chi connectivity index (χ1) is 7.57. The fourth-order valence-electron chi connectivity index (χ4n) is 0.997. The summed E-state index contributed by atoms with van der Waals surface area (Å²) in [5.41, 5.74) is -0.932. The Bertz CT molecular complexity index is 310. The maximum atomic E-state index is 12.7. The summed E-state index contributed by atoms with van der Waals surface area (Å²) in [4.78, 5) is 22.1. The second-order valence-corrected chi connectivity index (χ2v) is 3.80. The van der Waals surface area contributed by atoms with Crippen LogP contribution >= 0.6 is 12.4 Å². The molecule has 0 aliphatic rings. The van der Waals surface area contributed by atoms with Gasteiger partial charge in [-0.1, -0.05) is 0 Å². The third-order valence-corrected chi connectivity index (χ3v) is 2.30. The fraction of sp³-hybridized carbons (Fsp3) is 0.750. The van der Waals surface area contributed by atoms with Crippen LogP contribution in [0.25, 0.3) is 0 Å². The van der Waals surface area contributed by atoms with Gasteiger partial charge in [0.1, 0.15) is 6.04 Å². The Morgan fingerprint density at radius 2 is 1.72 bits per heavy atom. The smallest absolute Gasteiger partial charge is 0.407 e. The molecule has 0 heterocycles. The molecular formula is C8H15ClF3N3O3. The summed E-state index contributed by atoms with van der Waals surface area (Å²) in [6.45, 7) is 1.53. The van der Waals surface area contributed by atoms with Gasteiger partial charge in [0.15, 0.2) is 0 Å². The maximum Gasteiger partial charge on any atom is 0.407 e. The second-order valence-electron chi connectivity index (χ2n) is 3.80. The highest BCUT2D eigenvalue weighted by Gasteiger charge is 2.55. The summed E-state index contributed by atoms with van der Waals surface area (Å²) < 4.78 is 42.3. The average molecular weight is 294 g/mol. The molecule has 0 saturated heterocycles. The van der Waals surface area contributed by atoms with Gasteiger partial charge < -0.3 is 10.1 Å². The molecule has 0 radical (unpaired) electrons. The molecule has 10 heteroatoms. The number of hydrazine groups is 1. The first-order valence-electron chi connectivity index (χ1n) is 4.49. The lowest BCUT2D eigenvalue weighted by Crippen LogP contribution is -2.60. The van der Waals surface area contributed by atoms with Crippen LogP contribution in [0.15, 0.2) is 0 Å². The van der Waals surface area contributed by atoms with Gasteiger partial charge in [0.2, 0.25) is 0 Å². The quantitative estimate of drug-likeness (QED) is 0.406. The normalized spacial score (nSPS) is 13.1. The number of ether oxygens (including phenoxy) is 1. The zero-order chi connectivity index (χ0) is 13.9. The van der Waals surface area contributed by atoms with Crippen molar-refractivity contribution in [1.82, 2.24) is 10.7 Å². The second kappa shape index (κ2) is 6.64. The highest BCUT2D eigenvalue weighted by Crippen LogP contribution is 2.40. The third kappa shape index (κ3) is 4.22. The first kappa shape index (κ1) is 19.1. The Labute approximate surface area is 108 Å². The summed E-state index contributed by atoms with van der Waals surface area (Å²) in [6, 6.07) is -1.89. The SMILES string of the molecule is COC(=O)N[C@H](C(=O)NN)C(C)(C)C(F)(F)F.Cl. The van der Waals surface area contributed by atoms with Crippen LogP contribution in [0.5, 0.6) is 0 Å². The van der Waals surface area contributed by atoms with E-state index < -0.39 is 29.6 Å². The molecule has 0 aromatic rings. The highest BCUT2D eigenvalue weighted by molar-refractivity contribution is 5.86. The molecule has 4 N–H and O–H groups in total. The minimum Gasteiger partial charge on any atom is -0.453 e. The van der Waals surface area contributed by atoms with Gasteiger partial charge in [-0.05, 0) is 13.8 Å². The summed E-state index contributed by atoms with van der Waals surface area (Å²) >= 11 is 0. The highest BCUT2D eigenvalue weighted by atomic mass is 35.5. The van der Waals surface area contributed by atoms with Gasteiger partial charge >= 0.3 is 12.3 Å². The number of alkyl carbamates (subject to hydrolysis) is 1. The largest absolute Gasteiger partial charge is 0.453 e. The maximum absolute atomic E-state index is 12.7. The van der Waals surface area contributed by atoms with Crippen molar-refractivity contribution in [3.05, 3.63) is 0 Å². The standard InChI is InChI=1S/C8H14F3N3O3.ClH/c1-7(2,8(9,10)11)4(5(15)14-12)13-6(16)17-3;/h4H,12H2,1-3H3,(H,13,16)(H,14,15);1H/t4-;/m1./s1. The van der Waals surface area contributed by atoms with Gasteiger partial charge in [0.05, 0.1) is 12.5 Å². The molecule has 0 rings (SSSR count). The van der Waals surface area contributed by atoms with Gasteiger partial charge in [0, 0.05) is 0 Å². The van der Waals surface area contributed by atoms with Crippen LogP contribution in [0.4, 0.5) is 18.0 Å². The first-order valence-corrected chi connectivity index (χ1v) is 4.49. The van der Waals surface area contributed by atoms with E-state index in [0.717, 1.165) is 21.0 Å². The monoisotopic (exact) mass is 293 g/mol. The van der Waals surface area contributed by atoms with Crippen molar-refractivity contribution < 1.29 is 27.5 Å². The minimum atomic E-state index is -4.70. The van der Waals surface area contributed by atoms with Crippen LogP contribution in [-0.4, -0.2) is 31.3 Å². The summed E-state index contributed by atoms with van der Waals surface area (Å²) in [6.07, 6.45) is -5.86. The number of methoxy groups -OCH3 is 1. The van der Waals surface area contributed by atoms with Gasteiger partial charge in [-0.3, -0.25) is 10.2 Å². The Morgan fingerprint density at radius 1 is 1.28 bits per heavy atom. The number of carbonyl (C=O) groups excluding carboxylic acids is 2. The number of hydrogen-bond donors (Lipinski definition) is 3. The Kier molecular flexibility index (Phi) is 7.06. The van der Waals surface area contributed by atoms with Gasteiger partial charge in [-0.2, -0.15) is 13.2 Å². The van der Waals surface area contributed by atoms with Crippen LogP contribution in [0.2, 0.25) is 0 Å². The molecule has 0 aliphatic carbocycles. The van der Waals surface area contributed by atoms with Crippen molar-refractivity contribution >= 4 is 24.4 Å². The van der Waals surface area contributed by atoms with E-state index in [2.05, 4.69) is 4.74 Å². The Hall–Kier alpha value is -1.22. The Morgan fingerprint density at radius 3 is 2.00 bits per heavy atom. The third-order valence-electron chi connectivity index (χ3n) is 2.30. The van der Waals surface area contributed by atoms with Crippen molar-refractivity contribution in [1.29, 1.82) is 0 Å². The van der Waals surface area contributed by atoms with E-state index in [4.69, 9.17) is 5.84 Å². The van der Waals surface area contributed by atoms with Crippen molar-refractivity contribution in [2.24, 2.45) is 11.3 Å². The van der Waals surface area contributed by atoms with Crippen molar-refractivity contribution in [3.63, 3.8) is 0 Å². The molecule has 108 valence electrons. The van der Waals surface area contributed by atoms with E-state index in [-0.39, 0.29) is 12.4 Å². The number of rotatable bonds is 3. The number of hydrogen-bond acceptors (Lipinski definition) is 4. The van der Waals surface area contributed by atoms with Gasteiger partial charge in [0.25, 0.3) is 5.91 Å².